The summed E-state index contributed by atoms with van der Waals surface area (Å²) in [6.07, 6.45) is 4.38. The molecular formula is C20H22ClNO3. The van der Waals surface area contributed by atoms with Gasteiger partial charge in [-0.25, -0.2) is 0 Å². The Morgan fingerprint density at radius 3 is 2.48 bits per heavy atom. The standard InChI is InChI=1S/C20H22ClNO3/c1-14(24-19-9-5-4-8-18(19)21)20(23)22-15-10-12-17(13-11-15)25-16-6-2-3-7-16/h4-5,8-14,16H,2-3,6-7H2,1H3,(H,22,23)/t14-/m1/s1. The molecule has 1 atom stereocenters. The molecule has 1 fully saturated rings. The van der Waals surface area contributed by atoms with Gasteiger partial charge in [0.25, 0.3) is 5.91 Å². The Balaban J connectivity index is 1.54. The SMILES string of the molecule is C[C@@H](Oc1ccccc1Cl)C(=O)Nc1ccc(OC2CCCC2)cc1. The number of ether oxygens (including phenoxy) is 2. The number of hydrogen-bond acceptors (Lipinski definition) is 3. The summed E-state index contributed by atoms with van der Waals surface area (Å²) in [6, 6.07) is 14.5. The van der Waals surface area contributed by atoms with Gasteiger partial charge in [0.2, 0.25) is 0 Å². The van der Waals surface area contributed by atoms with Gasteiger partial charge in [-0.3, -0.25) is 4.79 Å². The first-order valence-electron chi connectivity index (χ1n) is 8.60. The fourth-order valence-corrected chi connectivity index (χ4v) is 3.02. The molecule has 0 bridgehead atoms. The molecule has 1 aliphatic rings. The van der Waals surface area contributed by atoms with Crippen molar-refractivity contribution >= 4 is 23.2 Å². The van der Waals surface area contributed by atoms with Gasteiger partial charge in [-0.15, -0.1) is 0 Å². The predicted molar refractivity (Wildman–Crippen MR) is 99.5 cm³/mol. The lowest BCUT2D eigenvalue weighted by Gasteiger charge is -2.16. The van der Waals surface area contributed by atoms with Crippen LogP contribution < -0.4 is 14.8 Å². The van der Waals surface area contributed by atoms with Crippen LogP contribution >= 0.6 is 11.6 Å². The van der Waals surface area contributed by atoms with Crippen LogP contribution in [0.2, 0.25) is 5.02 Å². The largest absolute Gasteiger partial charge is 0.490 e. The molecule has 5 heteroatoms. The van der Waals surface area contributed by atoms with Crippen LogP contribution in [0, 0.1) is 0 Å². The monoisotopic (exact) mass is 359 g/mol. The van der Waals surface area contributed by atoms with Crippen molar-refractivity contribution in [3.05, 3.63) is 53.6 Å². The first kappa shape index (κ1) is 17.6. The van der Waals surface area contributed by atoms with Gasteiger partial charge < -0.3 is 14.8 Å². The van der Waals surface area contributed by atoms with Crippen LogP contribution in [0.15, 0.2) is 48.5 Å². The van der Waals surface area contributed by atoms with Crippen molar-refractivity contribution in [2.75, 3.05) is 5.32 Å². The van der Waals surface area contributed by atoms with Crippen LogP contribution in [0.5, 0.6) is 11.5 Å². The van der Waals surface area contributed by atoms with Gasteiger partial charge in [-0.2, -0.15) is 0 Å². The van der Waals surface area contributed by atoms with Crippen LogP contribution in [0.25, 0.3) is 0 Å². The number of halogens is 1. The minimum absolute atomic E-state index is 0.232. The molecule has 2 aromatic carbocycles. The maximum absolute atomic E-state index is 12.3. The number of carbonyl (C=O) groups excluding carboxylic acids is 1. The van der Waals surface area contributed by atoms with Crippen LogP contribution in [0.4, 0.5) is 5.69 Å². The van der Waals surface area contributed by atoms with Crippen molar-refractivity contribution in [3.8, 4) is 11.5 Å². The second-order valence-corrected chi connectivity index (χ2v) is 6.64. The molecule has 25 heavy (non-hydrogen) atoms. The summed E-state index contributed by atoms with van der Waals surface area (Å²) in [7, 11) is 0. The highest BCUT2D eigenvalue weighted by molar-refractivity contribution is 6.32. The molecule has 0 spiro atoms. The third-order valence-electron chi connectivity index (χ3n) is 4.24. The molecule has 1 aliphatic carbocycles. The van der Waals surface area contributed by atoms with E-state index in [0.29, 0.717) is 22.6 Å². The number of anilines is 1. The molecule has 0 aromatic heterocycles. The number of carbonyl (C=O) groups is 1. The maximum Gasteiger partial charge on any atom is 0.265 e. The van der Waals surface area contributed by atoms with E-state index >= 15 is 0 Å². The van der Waals surface area contributed by atoms with E-state index in [9.17, 15) is 4.79 Å². The molecule has 0 saturated heterocycles. The summed E-state index contributed by atoms with van der Waals surface area (Å²) in [4.78, 5) is 12.3. The smallest absolute Gasteiger partial charge is 0.265 e. The molecular weight excluding hydrogens is 338 g/mol. The molecule has 0 unspecified atom stereocenters. The molecule has 2 aromatic rings. The van der Waals surface area contributed by atoms with Gasteiger partial charge in [0.1, 0.15) is 11.5 Å². The van der Waals surface area contributed by atoms with Gasteiger partial charge in [0, 0.05) is 5.69 Å². The van der Waals surface area contributed by atoms with Crippen LogP contribution in [-0.2, 0) is 4.79 Å². The van der Waals surface area contributed by atoms with Crippen molar-refractivity contribution in [2.45, 2.75) is 44.8 Å². The van der Waals surface area contributed by atoms with Gasteiger partial charge >= 0.3 is 0 Å². The fraction of sp³-hybridized carbons (Fsp3) is 0.350. The minimum atomic E-state index is -0.658. The van der Waals surface area contributed by atoms with Crippen LogP contribution in [0.1, 0.15) is 32.6 Å². The molecule has 3 rings (SSSR count). The highest BCUT2D eigenvalue weighted by atomic mass is 35.5. The van der Waals surface area contributed by atoms with E-state index in [1.807, 2.05) is 36.4 Å². The van der Waals surface area contributed by atoms with E-state index in [1.54, 1.807) is 19.1 Å². The van der Waals surface area contributed by atoms with Crippen molar-refractivity contribution in [2.24, 2.45) is 0 Å². The highest BCUT2D eigenvalue weighted by Gasteiger charge is 2.18. The third-order valence-corrected chi connectivity index (χ3v) is 4.55. The zero-order valence-corrected chi connectivity index (χ0v) is 15.0. The number of hydrogen-bond donors (Lipinski definition) is 1. The van der Waals surface area contributed by atoms with E-state index in [4.69, 9.17) is 21.1 Å². The average Bonchev–Trinajstić information content (AvgIpc) is 3.11. The normalized spacial score (nSPS) is 15.6. The summed E-state index contributed by atoms with van der Waals surface area (Å²) in [5.41, 5.74) is 0.707. The molecule has 132 valence electrons. The van der Waals surface area contributed by atoms with E-state index in [1.165, 1.54) is 12.8 Å². The van der Waals surface area contributed by atoms with Crippen LogP contribution in [-0.4, -0.2) is 18.1 Å². The zero-order chi connectivity index (χ0) is 17.6. The van der Waals surface area contributed by atoms with Gasteiger partial charge in [-0.05, 0) is 69.0 Å². The predicted octanol–water partition coefficient (Wildman–Crippen LogP) is 5.07. The summed E-state index contributed by atoms with van der Waals surface area (Å²) < 4.78 is 11.5. The molecule has 1 amide bonds. The molecule has 0 radical (unpaired) electrons. The molecule has 1 N–H and O–H groups in total. The second-order valence-electron chi connectivity index (χ2n) is 6.23. The molecule has 0 aliphatic heterocycles. The van der Waals surface area contributed by atoms with E-state index in [-0.39, 0.29) is 5.91 Å². The Morgan fingerprint density at radius 1 is 1.12 bits per heavy atom. The lowest BCUT2D eigenvalue weighted by molar-refractivity contribution is -0.122. The number of nitrogens with one attached hydrogen (secondary N) is 1. The van der Waals surface area contributed by atoms with E-state index in [2.05, 4.69) is 5.32 Å². The first-order valence-corrected chi connectivity index (χ1v) is 8.98. The Morgan fingerprint density at radius 2 is 1.80 bits per heavy atom. The number of para-hydroxylation sites is 1. The van der Waals surface area contributed by atoms with Crippen molar-refractivity contribution < 1.29 is 14.3 Å². The lowest BCUT2D eigenvalue weighted by atomic mass is 10.2. The Kier molecular flexibility index (Phi) is 5.82. The Hall–Kier alpha value is -2.20. The maximum atomic E-state index is 12.3. The van der Waals surface area contributed by atoms with E-state index < -0.39 is 6.10 Å². The first-order chi connectivity index (χ1) is 12.1. The molecule has 1 saturated carbocycles. The zero-order valence-electron chi connectivity index (χ0n) is 14.2. The Labute approximate surface area is 153 Å². The van der Waals surface area contributed by atoms with Gasteiger partial charge in [0.15, 0.2) is 6.10 Å². The van der Waals surface area contributed by atoms with Crippen LogP contribution in [0.3, 0.4) is 0 Å². The van der Waals surface area contributed by atoms with E-state index in [0.717, 1.165) is 18.6 Å². The van der Waals surface area contributed by atoms with Crippen molar-refractivity contribution in [3.63, 3.8) is 0 Å². The number of rotatable bonds is 6. The summed E-state index contributed by atoms with van der Waals surface area (Å²) in [6.45, 7) is 1.69. The third kappa shape index (κ3) is 4.89. The molecule has 4 nitrogen and oxygen atoms in total. The number of amides is 1. The quantitative estimate of drug-likeness (QED) is 0.783. The number of benzene rings is 2. The van der Waals surface area contributed by atoms with Crippen molar-refractivity contribution in [1.29, 1.82) is 0 Å². The summed E-state index contributed by atoms with van der Waals surface area (Å²) in [5, 5.41) is 3.32. The summed E-state index contributed by atoms with van der Waals surface area (Å²) >= 11 is 6.05. The van der Waals surface area contributed by atoms with Gasteiger partial charge in [0.05, 0.1) is 11.1 Å². The topological polar surface area (TPSA) is 47.6 Å². The fourth-order valence-electron chi connectivity index (χ4n) is 2.84. The average molecular weight is 360 g/mol. The minimum Gasteiger partial charge on any atom is -0.490 e. The highest BCUT2D eigenvalue weighted by Crippen LogP contribution is 2.26. The van der Waals surface area contributed by atoms with Gasteiger partial charge in [-0.1, -0.05) is 23.7 Å². The second kappa shape index (κ2) is 8.26. The molecule has 0 heterocycles. The Bertz CT molecular complexity index is 711. The lowest BCUT2D eigenvalue weighted by Crippen LogP contribution is -2.30. The summed E-state index contributed by atoms with van der Waals surface area (Å²) in [5.74, 6) is 1.10. The van der Waals surface area contributed by atoms with Crippen molar-refractivity contribution in [1.82, 2.24) is 0 Å².